The summed E-state index contributed by atoms with van der Waals surface area (Å²) in [6.07, 6.45) is 0.816. The molecule has 4 unspecified atom stereocenters. The SMILES string of the molecule is CCOC(=O)C1=COC(OC(=O)NC)C2C1CC1O[C@@]12C. The first kappa shape index (κ1) is 14.2. The number of fused-ring (bicyclic) bond motifs is 3. The van der Waals surface area contributed by atoms with E-state index in [9.17, 15) is 9.59 Å². The molecule has 1 N–H and O–H groups in total. The summed E-state index contributed by atoms with van der Waals surface area (Å²) in [7, 11) is 1.48. The third kappa shape index (κ3) is 2.16. The molecule has 5 atom stereocenters. The second-order valence-corrected chi connectivity index (χ2v) is 5.61. The second kappa shape index (κ2) is 4.91. The second-order valence-electron chi connectivity index (χ2n) is 5.61. The average Bonchev–Trinajstić information content (AvgIpc) is 3.01. The molecular weight excluding hydrogens is 278 g/mol. The zero-order valence-electron chi connectivity index (χ0n) is 12.3. The molecule has 0 spiro atoms. The number of alkyl carbamates (subject to hydrolysis) is 1. The minimum absolute atomic E-state index is 0.0721. The molecule has 2 fully saturated rings. The molecule has 0 aromatic heterocycles. The quantitative estimate of drug-likeness (QED) is 0.616. The topological polar surface area (TPSA) is 86.4 Å². The van der Waals surface area contributed by atoms with Crippen molar-refractivity contribution in [2.45, 2.75) is 38.3 Å². The Hall–Kier alpha value is -1.76. The Morgan fingerprint density at radius 1 is 1.52 bits per heavy atom. The maximum atomic E-state index is 12.0. The van der Waals surface area contributed by atoms with Crippen molar-refractivity contribution in [3.05, 3.63) is 11.8 Å². The maximum Gasteiger partial charge on any atom is 0.409 e. The summed E-state index contributed by atoms with van der Waals surface area (Å²) in [6, 6.07) is 0. The Labute approximate surface area is 122 Å². The largest absolute Gasteiger partial charge is 0.463 e. The molecule has 1 saturated heterocycles. The van der Waals surface area contributed by atoms with Gasteiger partial charge in [0.2, 0.25) is 0 Å². The van der Waals surface area contributed by atoms with E-state index in [1.807, 2.05) is 6.92 Å². The van der Waals surface area contributed by atoms with E-state index in [1.165, 1.54) is 13.3 Å². The number of carbonyl (C=O) groups excluding carboxylic acids is 2. The molecule has 116 valence electrons. The molecule has 21 heavy (non-hydrogen) atoms. The van der Waals surface area contributed by atoms with Crippen LogP contribution in [0.4, 0.5) is 4.79 Å². The van der Waals surface area contributed by atoms with Crippen molar-refractivity contribution in [2.75, 3.05) is 13.7 Å². The van der Waals surface area contributed by atoms with Crippen molar-refractivity contribution in [3.63, 3.8) is 0 Å². The highest BCUT2D eigenvalue weighted by atomic mass is 16.7. The lowest BCUT2D eigenvalue weighted by Crippen LogP contribution is -2.44. The number of esters is 1. The fraction of sp³-hybridized carbons (Fsp3) is 0.714. The Morgan fingerprint density at radius 3 is 2.95 bits per heavy atom. The van der Waals surface area contributed by atoms with Crippen molar-refractivity contribution in [3.8, 4) is 0 Å². The predicted molar refractivity (Wildman–Crippen MR) is 70.0 cm³/mol. The summed E-state index contributed by atoms with van der Waals surface area (Å²) in [5.74, 6) is -0.656. The standard InChI is InChI=1S/C14H19NO6/c1-4-18-11(16)8-6-19-12(20-13(17)15-3)10-7(8)5-9-14(10,2)21-9/h6-7,9-10,12H,4-5H2,1-3H3,(H,15,17)/t7?,9?,10?,12?,14-/m0/s1. The van der Waals surface area contributed by atoms with Crippen LogP contribution in [0.1, 0.15) is 20.3 Å². The first-order chi connectivity index (χ1) is 10.0. The zero-order chi connectivity index (χ0) is 15.2. The van der Waals surface area contributed by atoms with Gasteiger partial charge in [-0.2, -0.15) is 0 Å². The van der Waals surface area contributed by atoms with Gasteiger partial charge in [-0.3, -0.25) is 0 Å². The lowest BCUT2D eigenvalue weighted by atomic mass is 9.82. The van der Waals surface area contributed by atoms with Crippen molar-refractivity contribution < 1.29 is 28.5 Å². The van der Waals surface area contributed by atoms with Gasteiger partial charge >= 0.3 is 12.1 Å². The molecule has 3 aliphatic rings. The molecule has 0 radical (unpaired) electrons. The molecule has 7 nitrogen and oxygen atoms in total. The number of carbonyl (C=O) groups is 2. The Kier molecular flexibility index (Phi) is 3.32. The molecule has 0 bridgehead atoms. The number of hydrogen-bond acceptors (Lipinski definition) is 6. The summed E-state index contributed by atoms with van der Waals surface area (Å²) < 4.78 is 21.5. The van der Waals surface area contributed by atoms with Gasteiger partial charge in [0.1, 0.15) is 5.60 Å². The van der Waals surface area contributed by atoms with E-state index in [0.29, 0.717) is 18.6 Å². The third-order valence-corrected chi connectivity index (χ3v) is 4.50. The van der Waals surface area contributed by atoms with Gasteiger partial charge in [-0.05, 0) is 20.3 Å². The Morgan fingerprint density at radius 2 is 2.29 bits per heavy atom. The van der Waals surface area contributed by atoms with Crippen molar-refractivity contribution in [1.29, 1.82) is 0 Å². The van der Waals surface area contributed by atoms with Gasteiger partial charge in [0, 0.05) is 13.0 Å². The molecule has 2 heterocycles. The maximum absolute atomic E-state index is 12.0. The summed E-state index contributed by atoms with van der Waals surface area (Å²) in [4.78, 5) is 23.5. The average molecular weight is 297 g/mol. The Bertz CT molecular complexity index is 504. The van der Waals surface area contributed by atoms with Crippen LogP contribution in [0.15, 0.2) is 11.8 Å². The number of epoxide rings is 1. The third-order valence-electron chi connectivity index (χ3n) is 4.50. The molecule has 1 saturated carbocycles. The summed E-state index contributed by atoms with van der Waals surface area (Å²) in [5.41, 5.74) is 0.0886. The van der Waals surface area contributed by atoms with Gasteiger partial charge in [0.25, 0.3) is 6.29 Å². The summed E-state index contributed by atoms with van der Waals surface area (Å²) in [5, 5.41) is 2.39. The summed E-state index contributed by atoms with van der Waals surface area (Å²) >= 11 is 0. The van der Waals surface area contributed by atoms with E-state index >= 15 is 0 Å². The van der Waals surface area contributed by atoms with Gasteiger partial charge in [0.05, 0.1) is 30.5 Å². The molecule has 0 aromatic rings. The minimum Gasteiger partial charge on any atom is -0.463 e. The number of amides is 1. The van der Waals surface area contributed by atoms with Gasteiger partial charge in [0.15, 0.2) is 0 Å². The zero-order valence-corrected chi connectivity index (χ0v) is 12.3. The van der Waals surface area contributed by atoms with Gasteiger partial charge in [-0.1, -0.05) is 0 Å². The molecule has 1 aliphatic carbocycles. The number of ether oxygens (including phenoxy) is 4. The number of rotatable bonds is 3. The molecule has 2 aliphatic heterocycles. The van der Waals surface area contributed by atoms with Gasteiger partial charge in [-0.15, -0.1) is 0 Å². The van der Waals surface area contributed by atoms with E-state index in [1.54, 1.807) is 6.92 Å². The summed E-state index contributed by atoms with van der Waals surface area (Å²) in [6.45, 7) is 4.02. The van der Waals surface area contributed by atoms with Crippen molar-refractivity contribution in [2.24, 2.45) is 11.8 Å². The van der Waals surface area contributed by atoms with Crippen LogP contribution in [-0.2, 0) is 23.7 Å². The van der Waals surface area contributed by atoms with E-state index in [2.05, 4.69) is 5.32 Å². The van der Waals surface area contributed by atoms with Crippen LogP contribution in [-0.4, -0.2) is 43.7 Å². The Balaban J connectivity index is 1.83. The van der Waals surface area contributed by atoms with Crippen LogP contribution < -0.4 is 5.32 Å². The number of hydrogen-bond donors (Lipinski definition) is 1. The fourth-order valence-corrected chi connectivity index (χ4v) is 3.40. The molecule has 7 heteroatoms. The molecule has 0 aromatic carbocycles. The highest BCUT2D eigenvalue weighted by molar-refractivity contribution is 5.89. The molecular formula is C14H19NO6. The molecule has 3 rings (SSSR count). The van der Waals surface area contributed by atoms with E-state index < -0.39 is 18.0 Å². The fourth-order valence-electron chi connectivity index (χ4n) is 3.40. The van der Waals surface area contributed by atoms with Crippen LogP contribution in [0, 0.1) is 11.8 Å². The highest BCUT2D eigenvalue weighted by Gasteiger charge is 2.71. The lowest BCUT2D eigenvalue weighted by Gasteiger charge is -2.35. The molecule has 1 amide bonds. The minimum atomic E-state index is -0.759. The van der Waals surface area contributed by atoms with Gasteiger partial charge < -0.3 is 24.3 Å². The number of nitrogens with one attached hydrogen (secondary N) is 1. The predicted octanol–water partition coefficient (Wildman–Crippen LogP) is 0.939. The van der Waals surface area contributed by atoms with E-state index in [0.717, 1.165) is 0 Å². The van der Waals surface area contributed by atoms with E-state index in [4.69, 9.17) is 18.9 Å². The van der Waals surface area contributed by atoms with Crippen molar-refractivity contribution in [1.82, 2.24) is 5.32 Å². The normalized spacial score (nSPS) is 39.3. The van der Waals surface area contributed by atoms with Crippen LogP contribution in [0.3, 0.4) is 0 Å². The smallest absolute Gasteiger partial charge is 0.409 e. The monoisotopic (exact) mass is 297 g/mol. The highest BCUT2D eigenvalue weighted by Crippen LogP contribution is 2.60. The van der Waals surface area contributed by atoms with Crippen LogP contribution in [0.2, 0.25) is 0 Å². The lowest BCUT2D eigenvalue weighted by molar-refractivity contribution is -0.151. The van der Waals surface area contributed by atoms with Gasteiger partial charge in [-0.25, -0.2) is 9.59 Å². The van der Waals surface area contributed by atoms with Crippen LogP contribution in [0.25, 0.3) is 0 Å². The first-order valence-electron chi connectivity index (χ1n) is 7.10. The van der Waals surface area contributed by atoms with Crippen LogP contribution >= 0.6 is 0 Å². The van der Waals surface area contributed by atoms with Crippen LogP contribution in [0.5, 0.6) is 0 Å². The first-order valence-corrected chi connectivity index (χ1v) is 7.10. The van der Waals surface area contributed by atoms with Crippen molar-refractivity contribution >= 4 is 12.1 Å². The van der Waals surface area contributed by atoms with E-state index in [-0.39, 0.29) is 23.9 Å².